The fourth-order valence-corrected chi connectivity index (χ4v) is 4.19. The van der Waals surface area contributed by atoms with E-state index in [0.717, 1.165) is 31.2 Å². The van der Waals surface area contributed by atoms with E-state index in [2.05, 4.69) is 60.7 Å². The zero-order valence-electron chi connectivity index (χ0n) is 22.2. The zero-order valence-corrected chi connectivity index (χ0v) is 22.2. The van der Waals surface area contributed by atoms with Gasteiger partial charge in [-0.05, 0) is 85.9 Å². The third-order valence-corrected chi connectivity index (χ3v) is 6.39. The van der Waals surface area contributed by atoms with E-state index in [1.165, 1.54) is 41.5 Å². The molecule has 0 atom stereocenters. The topological polar surface area (TPSA) is 91.7 Å². The second-order valence-electron chi connectivity index (χ2n) is 9.35. The van der Waals surface area contributed by atoms with Crippen LogP contribution in [0.15, 0.2) is 109 Å². The number of unbranched alkanes of at least 4 members (excludes halogenated alkanes) is 2. The van der Waals surface area contributed by atoms with Crippen molar-refractivity contribution in [3.63, 3.8) is 0 Å². The van der Waals surface area contributed by atoms with Crippen LogP contribution in [-0.4, -0.2) is 17.2 Å². The molecule has 0 saturated heterocycles. The number of benzene rings is 4. The number of rotatable bonds is 11. The highest BCUT2D eigenvalue weighted by atomic mass is 16.1. The Morgan fingerprint density at radius 3 is 1.51 bits per heavy atom. The summed E-state index contributed by atoms with van der Waals surface area (Å²) in [6.45, 7) is 1.61. The van der Waals surface area contributed by atoms with Crippen molar-refractivity contribution in [2.24, 2.45) is 5.73 Å². The molecule has 206 valence electrons. The molecule has 0 unspecified atom stereocenters. The molecule has 4 nitrogen and oxygen atoms in total. The average Bonchev–Trinajstić information content (AvgIpc) is 2.93. The molecule has 39 heavy (non-hydrogen) atoms. The molecular formula is C35H43NO3. The molecule has 4 heteroatoms. The molecule has 4 aromatic rings. The van der Waals surface area contributed by atoms with Gasteiger partial charge < -0.3 is 11.2 Å². The van der Waals surface area contributed by atoms with E-state index in [0.29, 0.717) is 5.56 Å². The van der Waals surface area contributed by atoms with Gasteiger partial charge in [-0.2, -0.15) is 0 Å². The van der Waals surface area contributed by atoms with E-state index in [9.17, 15) is 9.59 Å². The summed E-state index contributed by atoms with van der Waals surface area (Å²) in [7, 11) is 0. The quantitative estimate of drug-likeness (QED) is 0.165. The van der Waals surface area contributed by atoms with Crippen molar-refractivity contribution in [2.45, 2.75) is 59.3 Å². The molecule has 4 rings (SSSR count). The van der Waals surface area contributed by atoms with Gasteiger partial charge in [0.25, 0.3) is 0 Å². The van der Waals surface area contributed by atoms with E-state index < -0.39 is 0 Å². The Balaban J connectivity index is 0.000000375. The standard InChI is InChI=1S/C18H21NO.C16H16O.CH4.H2O/c19-18(20)17-13-11-16(12-14-17)10-6-2-5-9-15-7-3-1-4-8-15;1-13(17)16-9-5-8-15(12-16)11-10-14-6-3-2-4-7-14;;/h1,3-4,7-8,11-14H,2,5-6,9-10H2,(H2,19,20);2-9,12H,10-11H2,1H3;1H4;1H2. The van der Waals surface area contributed by atoms with Crippen molar-refractivity contribution >= 4 is 11.7 Å². The second-order valence-corrected chi connectivity index (χ2v) is 9.35. The maximum Gasteiger partial charge on any atom is 0.248 e. The first-order valence-electron chi connectivity index (χ1n) is 13.1. The highest BCUT2D eigenvalue weighted by Gasteiger charge is 2.02. The van der Waals surface area contributed by atoms with Gasteiger partial charge in [-0.25, -0.2) is 0 Å². The van der Waals surface area contributed by atoms with Crippen molar-refractivity contribution in [1.29, 1.82) is 0 Å². The summed E-state index contributed by atoms with van der Waals surface area (Å²) in [6, 6.07) is 36.5. The summed E-state index contributed by atoms with van der Waals surface area (Å²) in [5.74, 6) is -0.231. The summed E-state index contributed by atoms with van der Waals surface area (Å²) in [4.78, 5) is 22.2. The molecule has 0 aromatic heterocycles. The molecule has 0 aliphatic heterocycles. The molecule has 0 aliphatic carbocycles. The van der Waals surface area contributed by atoms with Gasteiger partial charge >= 0.3 is 0 Å². The number of ketones is 1. The predicted octanol–water partition coefficient (Wildman–Crippen LogP) is 7.23. The van der Waals surface area contributed by atoms with Gasteiger partial charge in [-0.15, -0.1) is 0 Å². The number of hydrogen-bond acceptors (Lipinski definition) is 2. The van der Waals surface area contributed by atoms with E-state index >= 15 is 0 Å². The van der Waals surface area contributed by atoms with Gasteiger partial charge in [0, 0.05) is 11.1 Å². The fourth-order valence-electron chi connectivity index (χ4n) is 4.19. The van der Waals surface area contributed by atoms with Crippen LogP contribution < -0.4 is 5.73 Å². The largest absolute Gasteiger partial charge is 0.412 e. The van der Waals surface area contributed by atoms with Gasteiger partial charge in [-0.3, -0.25) is 9.59 Å². The molecule has 1 amide bonds. The second kappa shape index (κ2) is 18.3. The lowest BCUT2D eigenvalue weighted by Gasteiger charge is -2.03. The van der Waals surface area contributed by atoms with E-state index in [-0.39, 0.29) is 24.6 Å². The van der Waals surface area contributed by atoms with E-state index in [1.807, 2.05) is 48.5 Å². The normalized spacial score (nSPS) is 9.77. The Kier molecular flexibility index (Phi) is 15.5. The minimum atomic E-state index is -0.362. The van der Waals surface area contributed by atoms with Crippen molar-refractivity contribution < 1.29 is 15.1 Å². The van der Waals surface area contributed by atoms with Crippen LogP contribution in [0.2, 0.25) is 0 Å². The molecule has 0 bridgehead atoms. The first-order chi connectivity index (χ1) is 18.0. The fraction of sp³-hybridized carbons (Fsp3) is 0.257. The lowest BCUT2D eigenvalue weighted by atomic mass is 10.0. The number of primary amides is 1. The van der Waals surface area contributed by atoms with Crippen LogP contribution in [0, 0.1) is 0 Å². The zero-order chi connectivity index (χ0) is 26.3. The smallest absolute Gasteiger partial charge is 0.248 e. The van der Waals surface area contributed by atoms with E-state index in [1.54, 1.807) is 6.92 Å². The molecule has 0 saturated carbocycles. The summed E-state index contributed by atoms with van der Waals surface area (Å²) in [5.41, 5.74) is 11.8. The molecule has 4 N–H and O–H groups in total. The Hall–Kier alpha value is -4.02. The van der Waals surface area contributed by atoms with E-state index in [4.69, 9.17) is 5.73 Å². The lowest BCUT2D eigenvalue weighted by Crippen LogP contribution is -2.10. The van der Waals surface area contributed by atoms with Crippen LogP contribution in [-0.2, 0) is 25.7 Å². The summed E-state index contributed by atoms with van der Waals surface area (Å²) in [5, 5.41) is 0. The van der Waals surface area contributed by atoms with Gasteiger partial charge in [0.05, 0.1) is 0 Å². The maximum absolute atomic E-state index is 11.3. The Morgan fingerprint density at radius 2 is 1.00 bits per heavy atom. The Labute approximate surface area is 234 Å². The highest BCUT2D eigenvalue weighted by Crippen LogP contribution is 2.12. The van der Waals surface area contributed by atoms with Crippen LogP contribution in [0.3, 0.4) is 0 Å². The first kappa shape index (κ1) is 33.0. The number of amides is 1. The number of Topliss-reactive ketones (excluding diaryl/α,β-unsaturated/α-hetero) is 1. The average molecular weight is 526 g/mol. The third kappa shape index (κ3) is 12.4. The number of hydrogen-bond donors (Lipinski definition) is 1. The van der Waals surface area contributed by atoms with Crippen LogP contribution in [0.4, 0.5) is 0 Å². The minimum absolute atomic E-state index is 0. The lowest BCUT2D eigenvalue weighted by molar-refractivity contribution is 0.0996. The molecule has 0 heterocycles. The predicted molar refractivity (Wildman–Crippen MR) is 163 cm³/mol. The van der Waals surface area contributed by atoms with Crippen molar-refractivity contribution in [3.05, 3.63) is 143 Å². The molecule has 0 fully saturated rings. The highest BCUT2D eigenvalue weighted by molar-refractivity contribution is 5.94. The summed E-state index contributed by atoms with van der Waals surface area (Å²) >= 11 is 0. The molecule has 0 aliphatic rings. The van der Waals surface area contributed by atoms with Gasteiger partial charge in [0.15, 0.2) is 5.78 Å². The first-order valence-corrected chi connectivity index (χ1v) is 13.1. The monoisotopic (exact) mass is 525 g/mol. The summed E-state index contributed by atoms with van der Waals surface area (Å²) < 4.78 is 0. The molecule has 0 spiro atoms. The number of aryl methyl sites for hydroxylation is 4. The Morgan fingerprint density at radius 1 is 0.538 bits per heavy atom. The molecule has 0 radical (unpaired) electrons. The number of carbonyl (C=O) groups excluding carboxylic acids is 2. The van der Waals surface area contributed by atoms with Crippen LogP contribution in [0.5, 0.6) is 0 Å². The van der Waals surface area contributed by atoms with Crippen LogP contribution in [0.25, 0.3) is 0 Å². The SMILES string of the molecule is C.CC(=O)c1cccc(CCc2ccccc2)c1.NC(=O)c1ccc(CCCCCc2ccccc2)cc1.O. The van der Waals surface area contributed by atoms with Crippen molar-refractivity contribution in [2.75, 3.05) is 0 Å². The summed E-state index contributed by atoms with van der Waals surface area (Å²) in [6.07, 6.45) is 7.85. The minimum Gasteiger partial charge on any atom is -0.412 e. The van der Waals surface area contributed by atoms with Crippen molar-refractivity contribution in [1.82, 2.24) is 0 Å². The maximum atomic E-state index is 11.3. The molecular weight excluding hydrogens is 482 g/mol. The molecule has 4 aromatic carbocycles. The van der Waals surface area contributed by atoms with Crippen molar-refractivity contribution in [3.8, 4) is 0 Å². The number of nitrogens with two attached hydrogens (primary N) is 1. The van der Waals surface area contributed by atoms with Crippen LogP contribution >= 0.6 is 0 Å². The third-order valence-electron chi connectivity index (χ3n) is 6.39. The van der Waals surface area contributed by atoms with Crippen LogP contribution in [0.1, 0.15) is 76.6 Å². The van der Waals surface area contributed by atoms with Gasteiger partial charge in [0.2, 0.25) is 5.91 Å². The Bertz CT molecular complexity index is 1240. The number of carbonyl (C=O) groups is 2. The van der Waals surface area contributed by atoms with Gasteiger partial charge in [0.1, 0.15) is 0 Å². The van der Waals surface area contributed by atoms with Gasteiger partial charge in [-0.1, -0.05) is 105 Å².